The normalized spacial score (nSPS) is 13.9. The fraction of sp³-hybridized carbons (Fsp3) is 1.00. The maximum Gasteiger partial charge on any atom is 0.0431 e. The second-order valence-electron chi connectivity index (χ2n) is 2.03. The lowest BCUT2D eigenvalue weighted by Gasteiger charge is -2.04. The van der Waals surface area contributed by atoms with Gasteiger partial charge in [0.1, 0.15) is 0 Å². The average molecular weight is 117 g/mol. The van der Waals surface area contributed by atoms with Gasteiger partial charge in [-0.15, -0.1) is 0 Å². The van der Waals surface area contributed by atoms with Crippen LogP contribution in [0.2, 0.25) is 0 Å². The van der Waals surface area contributed by atoms with Gasteiger partial charge in [0.25, 0.3) is 0 Å². The number of nitrogens with two attached hydrogens (primary N) is 1. The van der Waals surface area contributed by atoms with Gasteiger partial charge in [0, 0.05) is 12.6 Å². The van der Waals surface area contributed by atoms with E-state index in [4.69, 9.17) is 10.8 Å². The number of aliphatic hydroxyl groups is 1. The highest BCUT2D eigenvalue weighted by Gasteiger charge is 1.95. The van der Waals surface area contributed by atoms with Crippen molar-refractivity contribution in [1.82, 2.24) is 0 Å². The van der Waals surface area contributed by atoms with Crippen LogP contribution < -0.4 is 5.73 Å². The van der Waals surface area contributed by atoms with E-state index in [2.05, 4.69) is 6.92 Å². The van der Waals surface area contributed by atoms with E-state index >= 15 is 0 Å². The second-order valence-corrected chi connectivity index (χ2v) is 2.03. The van der Waals surface area contributed by atoms with E-state index in [-0.39, 0.29) is 6.61 Å². The fourth-order valence-corrected chi connectivity index (χ4v) is 0.558. The molecule has 50 valence electrons. The Morgan fingerprint density at radius 2 is 2.25 bits per heavy atom. The summed E-state index contributed by atoms with van der Waals surface area (Å²) in [5.41, 5.74) is 5.55. The zero-order valence-corrected chi connectivity index (χ0v) is 5.43. The Balaban J connectivity index is 2.86. The number of hydrogen-bond acceptors (Lipinski definition) is 2. The molecule has 0 radical (unpaired) electrons. The molecule has 0 amide bonds. The molecule has 0 aromatic rings. The molecular weight excluding hydrogens is 102 g/mol. The van der Waals surface area contributed by atoms with Crippen LogP contribution in [0.3, 0.4) is 0 Å². The zero-order chi connectivity index (χ0) is 6.41. The SMILES string of the molecule is CCC(N)CCCO. The van der Waals surface area contributed by atoms with E-state index in [1.165, 1.54) is 0 Å². The molecule has 1 unspecified atom stereocenters. The molecule has 0 rings (SSSR count). The monoisotopic (exact) mass is 117 g/mol. The van der Waals surface area contributed by atoms with E-state index in [0.717, 1.165) is 19.3 Å². The topological polar surface area (TPSA) is 46.2 Å². The third-order valence-electron chi connectivity index (χ3n) is 1.26. The molecule has 0 heterocycles. The maximum absolute atomic E-state index is 8.36. The summed E-state index contributed by atoms with van der Waals surface area (Å²) in [6.07, 6.45) is 2.81. The molecule has 3 N–H and O–H groups in total. The molecule has 0 aliphatic carbocycles. The van der Waals surface area contributed by atoms with Crippen LogP contribution in [0.5, 0.6) is 0 Å². The van der Waals surface area contributed by atoms with Gasteiger partial charge in [0.2, 0.25) is 0 Å². The van der Waals surface area contributed by atoms with E-state index in [1.807, 2.05) is 0 Å². The Labute approximate surface area is 50.7 Å². The van der Waals surface area contributed by atoms with Gasteiger partial charge in [0.15, 0.2) is 0 Å². The quantitative estimate of drug-likeness (QED) is 0.563. The fourth-order valence-electron chi connectivity index (χ4n) is 0.558. The number of hydrogen-bond donors (Lipinski definition) is 2. The molecule has 0 aromatic heterocycles. The summed E-state index contributed by atoms with van der Waals surface area (Å²) in [5.74, 6) is 0. The minimum atomic E-state index is 0.272. The third-order valence-corrected chi connectivity index (χ3v) is 1.26. The van der Waals surface area contributed by atoms with Crippen molar-refractivity contribution in [1.29, 1.82) is 0 Å². The predicted molar refractivity (Wildman–Crippen MR) is 34.6 cm³/mol. The molecule has 0 aliphatic rings. The summed E-state index contributed by atoms with van der Waals surface area (Å²) < 4.78 is 0. The highest BCUT2D eigenvalue weighted by Crippen LogP contribution is 1.95. The van der Waals surface area contributed by atoms with Gasteiger partial charge in [-0.3, -0.25) is 0 Å². The molecule has 8 heavy (non-hydrogen) atoms. The van der Waals surface area contributed by atoms with Crippen LogP contribution in [-0.4, -0.2) is 17.8 Å². The van der Waals surface area contributed by atoms with Gasteiger partial charge in [-0.05, 0) is 19.3 Å². The van der Waals surface area contributed by atoms with Crippen molar-refractivity contribution in [2.24, 2.45) is 5.73 Å². The Morgan fingerprint density at radius 3 is 2.62 bits per heavy atom. The van der Waals surface area contributed by atoms with Crippen LogP contribution >= 0.6 is 0 Å². The molecule has 2 nitrogen and oxygen atoms in total. The first-order chi connectivity index (χ1) is 3.81. The number of rotatable bonds is 4. The lowest BCUT2D eigenvalue weighted by molar-refractivity contribution is 0.279. The Morgan fingerprint density at radius 1 is 1.62 bits per heavy atom. The minimum absolute atomic E-state index is 0.272. The molecule has 1 atom stereocenters. The van der Waals surface area contributed by atoms with Gasteiger partial charge >= 0.3 is 0 Å². The molecular formula is C6H15NO. The zero-order valence-electron chi connectivity index (χ0n) is 5.43. The molecule has 0 aromatic carbocycles. The van der Waals surface area contributed by atoms with Crippen LogP contribution in [-0.2, 0) is 0 Å². The van der Waals surface area contributed by atoms with E-state index in [1.54, 1.807) is 0 Å². The van der Waals surface area contributed by atoms with Gasteiger partial charge in [-0.2, -0.15) is 0 Å². The van der Waals surface area contributed by atoms with Crippen molar-refractivity contribution in [2.75, 3.05) is 6.61 Å². The van der Waals surface area contributed by atoms with Crippen molar-refractivity contribution < 1.29 is 5.11 Å². The third kappa shape index (κ3) is 4.09. The van der Waals surface area contributed by atoms with Crippen LogP contribution in [0.4, 0.5) is 0 Å². The summed E-state index contributed by atoms with van der Waals surface area (Å²) in [5, 5.41) is 8.36. The van der Waals surface area contributed by atoms with Crippen LogP contribution in [0.15, 0.2) is 0 Å². The summed E-state index contributed by atoms with van der Waals surface area (Å²) in [6.45, 7) is 2.33. The largest absolute Gasteiger partial charge is 0.396 e. The van der Waals surface area contributed by atoms with E-state index in [0.29, 0.717) is 6.04 Å². The molecule has 0 spiro atoms. The van der Waals surface area contributed by atoms with Crippen LogP contribution in [0, 0.1) is 0 Å². The summed E-state index contributed by atoms with van der Waals surface area (Å²) in [4.78, 5) is 0. The Kier molecular flexibility index (Phi) is 5.01. The van der Waals surface area contributed by atoms with Gasteiger partial charge in [0.05, 0.1) is 0 Å². The maximum atomic E-state index is 8.36. The first-order valence-electron chi connectivity index (χ1n) is 3.17. The van der Waals surface area contributed by atoms with Crippen molar-refractivity contribution in [3.8, 4) is 0 Å². The van der Waals surface area contributed by atoms with Crippen molar-refractivity contribution >= 4 is 0 Å². The van der Waals surface area contributed by atoms with E-state index in [9.17, 15) is 0 Å². The molecule has 0 saturated heterocycles. The van der Waals surface area contributed by atoms with Gasteiger partial charge in [-0.25, -0.2) is 0 Å². The second kappa shape index (κ2) is 5.06. The first-order valence-corrected chi connectivity index (χ1v) is 3.17. The minimum Gasteiger partial charge on any atom is -0.396 e. The van der Waals surface area contributed by atoms with Gasteiger partial charge < -0.3 is 10.8 Å². The highest BCUT2D eigenvalue weighted by atomic mass is 16.2. The molecule has 2 heteroatoms. The lowest BCUT2D eigenvalue weighted by Crippen LogP contribution is -2.18. The summed E-state index contributed by atoms with van der Waals surface area (Å²) in [6, 6.07) is 0.294. The number of aliphatic hydroxyl groups excluding tert-OH is 1. The van der Waals surface area contributed by atoms with Crippen LogP contribution in [0.25, 0.3) is 0 Å². The van der Waals surface area contributed by atoms with Crippen molar-refractivity contribution in [3.05, 3.63) is 0 Å². The predicted octanol–water partition coefficient (Wildman–Crippen LogP) is 0.496. The van der Waals surface area contributed by atoms with Crippen LogP contribution in [0.1, 0.15) is 26.2 Å². The molecule has 0 aliphatic heterocycles. The molecule has 0 saturated carbocycles. The molecule has 0 bridgehead atoms. The lowest BCUT2D eigenvalue weighted by atomic mass is 10.1. The molecule has 0 fully saturated rings. The Bertz CT molecular complexity index is 47.8. The first kappa shape index (κ1) is 7.92. The standard InChI is InChI=1S/C6H15NO/c1-2-6(7)4-3-5-8/h6,8H,2-5,7H2,1H3. The van der Waals surface area contributed by atoms with Crippen molar-refractivity contribution in [3.63, 3.8) is 0 Å². The summed E-state index contributed by atoms with van der Waals surface area (Å²) >= 11 is 0. The highest BCUT2D eigenvalue weighted by molar-refractivity contribution is 4.56. The van der Waals surface area contributed by atoms with Gasteiger partial charge in [-0.1, -0.05) is 6.92 Å². The smallest absolute Gasteiger partial charge is 0.0431 e. The average Bonchev–Trinajstić information content (AvgIpc) is 1.83. The Hall–Kier alpha value is -0.0800. The van der Waals surface area contributed by atoms with Crippen molar-refractivity contribution in [2.45, 2.75) is 32.2 Å². The van der Waals surface area contributed by atoms with E-state index < -0.39 is 0 Å². The summed E-state index contributed by atoms with van der Waals surface area (Å²) in [7, 11) is 0.